The van der Waals surface area contributed by atoms with Crippen LogP contribution in [0.15, 0.2) is 22.7 Å². The van der Waals surface area contributed by atoms with Crippen molar-refractivity contribution in [1.29, 1.82) is 5.26 Å². The van der Waals surface area contributed by atoms with Crippen LogP contribution in [0, 0.1) is 21.4 Å². The van der Waals surface area contributed by atoms with E-state index in [1.54, 1.807) is 6.07 Å². The first kappa shape index (κ1) is 14.0. The number of halogens is 1. The maximum atomic E-state index is 10.9. The van der Waals surface area contributed by atoms with Crippen molar-refractivity contribution in [2.45, 2.75) is 31.8 Å². The van der Waals surface area contributed by atoms with E-state index in [9.17, 15) is 10.1 Å². The van der Waals surface area contributed by atoms with Gasteiger partial charge >= 0.3 is 0 Å². The van der Waals surface area contributed by atoms with Gasteiger partial charge in [0.25, 0.3) is 5.69 Å². The highest BCUT2D eigenvalue weighted by molar-refractivity contribution is 9.10. The summed E-state index contributed by atoms with van der Waals surface area (Å²) in [5.74, 6) is 0. The van der Waals surface area contributed by atoms with Gasteiger partial charge in [0, 0.05) is 12.6 Å². The van der Waals surface area contributed by atoms with E-state index < -0.39 is 4.92 Å². The Balaban J connectivity index is 2.21. The third-order valence-corrected chi connectivity index (χ3v) is 4.31. The zero-order chi connectivity index (χ0) is 13.8. The quantitative estimate of drug-likeness (QED) is 0.632. The van der Waals surface area contributed by atoms with Gasteiger partial charge in [0.2, 0.25) is 0 Å². The van der Waals surface area contributed by atoms with E-state index in [1.165, 1.54) is 6.07 Å². The molecule has 1 saturated heterocycles. The summed E-state index contributed by atoms with van der Waals surface area (Å²) >= 11 is 3.30. The highest BCUT2D eigenvalue weighted by Gasteiger charge is 2.24. The number of hydrogen-bond acceptors (Lipinski definition) is 4. The normalized spacial score (nSPS) is 19.9. The number of piperidine rings is 1. The summed E-state index contributed by atoms with van der Waals surface area (Å²) in [4.78, 5) is 12.6. The Hall–Kier alpha value is -1.45. The van der Waals surface area contributed by atoms with Crippen LogP contribution in [0.1, 0.15) is 24.8 Å². The van der Waals surface area contributed by atoms with Gasteiger partial charge in [0.05, 0.1) is 21.5 Å². The van der Waals surface area contributed by atoms with Crippen molar-refractivity contribution in [1.82, 2.24) is 4.90 Å². The molecule has 1 aliphatic heterocycles. The average Bonchev–Trinajstić information content (AvgIpc) is 2.41. The van der Waals surface area contributed by atoms with Gasteiger partial charge in [-0.25, -0.2) is 0 Å². The van der Waals surface area contributed by atoms with Gasteiger partial charge in [-0.3, -0.25) is 15.0 Å². The van der Waals surface area contributed by atoms with Crippen LogP contribution in [-0.4, -0.2) is 22.4 Å². The molecule has 1 aromatic rings. The van der Waals surface area contributed by atoms with Crippen molar-refractivity contribution < 1.29 is 4.92 Å². The second kappa shape index (κ2) is 6.13. The van der Waals surface area contributed by atoms with Crippen LogP contribution < -0.4 is 0 Å². The molecular weight excluding hydrogens is 310 g/mol. The summed E-state index contributed by atoms with van der Waals surface area (Å²) < 4.78 is 0.516. The van der Waals surface area contributed by atoms with E-state index in [-0.39, 0.29) is 11.7 Å². The lowest BCUT2D eigenvalue weighted by Gasteiger charge is -2.31. The molecule has 19 heavy (non-hydrogen) atoms. The SMILES string of the molecule is N#CC1CCCCN1Cc1cccc([N+](=O)[O-])c1Br. The number of hydrogen-bond donors (Lipinski definition) is 0. The zero-order valence-electron chi connectivity index (χ0n) is 10.4. The van der Waals surface area contributed by atoms with Crippen LogP contribution in [0.25, 0.3) is 0 Å². The molecule has 1 heterocycles. The topological polar surface area (TPSA) is 70.2 Å². The van der Waals surface area contributed by atoms with Crippen molar-refractivity contribution >= 4 is 21.6 Å². The van der Waals surface area contributed by atoms with E-state index in [4.69, 9.17) is 5.26 Å². The van der Waals surface area contributed by atoms with Gasteiger partial charge in [-0.05, 0) is 47.3 Å². The minimum Gasteiger partial charge on any atom is -0.284 e. The Morgan fingerprint density at radius 2 is 2.32 bits per heavy atom. The molecule has 5 nitrogen and oxygen atoms in total. The van der Waals surface area contributed by atoms with E-state index in [0.29, 0.717) is 11.0 Å². The van der Waals surface area contributed by atoms with E-state index in [0.717, 1.165) is 31.4 Å². The molecule has 1 aliphatic rings. The molecule has 0 N–H and O–H groups in total. The Bertz CT molecular complexity index is 527. The predicted octanol–water partition coefficient (Wildman–Crippen LogP) is 3.24. The van der Waals surface area contributed by atoms with Crippen LogP contribution in [0.3, 0.4) is 0 Å². The maximum Gasteiger partial charge on any atom is 0.283 e. The molecule has 6 heteroatoms. The fourth-order valence-electron chi connectivity index (χ4n) is 2.37. The van der Waals surface area contributed by atoms with Crippen LogP contribution in [-0.2, 0) is 6.54 Å². The molecule has 0 aliphatic carbocycles. The van der Waals surface area contributed by atoms with Crippen LogP contribution in [0.4, 0.5) is 5.69 Å². The van der Waals surface area contributed by atoms with Crippen molar-refractivity contribution in [3.63, 3.8) is 0 Å². The highest BCUT2D eigenvalue weighted by Crippen LogP contribution is 2.30. The molecule has 100 valence electrons. The molecule has 1 fully saturated rings. The summed E-state index contributed by atoms with van der Waals surface area (Å²) in [5.41, 5.74) is 0.930. The minimum atomic E-state index is -0.397. The smallest absolute Gasteiger partial charge is 0.283 e. The molecule has 0 radical (unpaired) electrons. The molecule has 0 saturated carbocycles. The first-order valence-electron chi connectivity index (χ1n) is 6.19. The largest absolute Gasteiger partial charge is 0.284 e. The number of likely N-dealkylation sites (tertiary alicyclic amines) is 1. The van der Waals surface area contributed by atoms with Gasteiger partial charge in [0.15, 0.2) is 0 Å². The fraction of sp³-hybridized carbons (Fsp3) is 0.462. The van der Waals surface area contributed by atoms with Crippen molar-refractivity contribution in [2.75, 3.05) is 6.54 Å². The molecule has 0 spiro atoms. The summed E-state index contributed by atoms with van der Waals surface area (Å²) in [7, 11) is 0. The maximum absolute atomic E-state index is 10.9. The molecule has 1 atom stereocenters. The fourth-order valence-corrected chi connectivity index (χ4v) is 2.91. The van der Waals surface area contributed by atoms with Crippen molar-refractivity contribution in [3.8, 4) is 6.07 Å². The third-order valence-electron chi connectivity index (χ3n) is 3.39. The number of nitro groups is 1. The standard InChI is InChI=1S/C13H14BrN3O2/c14-13-10(4-3-6-12(13)17(18)19)9-16-7-2-1-5-11(16)8-15/h3-4,6,11H,1-2,5,7,9H2. The summed E-state index contributed by atoms with van der Waals surface area (Å²) in [6, 6.07) is 7.25. The highest BCUT2D eigenvalue weighted by atomic mass is 79.9. The van der Waals surface area contributed by atoms with Crippen LogP contribution in [0.5, 0.6) is 0 Å². The van der Waals surface area contributed by atoms with E-state index >= 15 is 0 Å². The van der Waals surface area contributed by atoms with E-state index in [2.05, 4.69) is 26.9 Å². The molecule has 0 aromatic heterocycles. The molecular formula is C13H14BrN3O2. The molecule has 2 rings (SSSR count). The molecule has 0 amide bonds. The van der Waals surface area contributed by atoms with Gasteiger partial charge in [-0.1, -0.05) is 12.1 Å². The first-order chi connectivity index (χ1) is 9.13. The number of benzene rings is 1. The lowest BCUT2D eigenvalue weighted by molar-refractivity contribution is -0.385. The Labute approximate surface area is 120 Å². The predicted molar refractivity (Wildman–Crippen MR) is 74.5 cm³/mol. The average molecular weight is 324 g/mol. The van der Waals surface area contributed by atoms with Crippen molar-refractivity contribution in [2.24, 2.45) is 0 Å². The zero-order valence-corrected chi connectivity index (χ0v) is 12.0. The Kier molecular flexibility index (Phi) is 4.51. The van der Waals surface area contributed by atoms with Crippen LogP contribution >= 0.6 is 15.9 Å². The van der Waals surface area contributed by atoms with Crippen molar-refractivity contribution in [3.05, 3.63) is 38.3 Å². The number of rotatable bonds is 3. The number of nitrogens with zero attached hydrogens (tertiary/aromatic N) is 3. The minimum absolute atomic E-state index is 0.0722. The van der Waals surface area contributed by atoms with Gasteiger partial charge in [0.1, 0.15) is 0 Å². The summed E-state index contributed by atoms with van der Waals surface area (Å²) in [6.45, 7) is 1.44. The molecule has 0 bridgehead atoms. The lowest BCUT2D eigenvalue weighted by atomic mass is 10.0. The molecule has 1 unspecified atom stereocenters. The van der Waals surface area contributed by atoms with Gasteiger partial charge in [-0.2, -0.15) is 5.26 Å². The second-order valence-electron chi connectivity index (χ2n) is 4.62. The summed E-state index contributed by atoms with van der Waals surface area (Å²) in [6.07, 6.45) is 3.03. The Morgan fingerprint density at radius 3 is 3.00 bits per heavy atom. The van der Waals surface area contributed by atoms with Gasteiger partial charge in [-0.15, -0.1) is 0 Å². The van der Waals surface area contributed by atoms with Crippen LogP contribution in [0.2, 0.25) is 0 Å². The second-order valence-corrected chi connectivity index (χ2v) is 5.41. The first-order valence-corrected chi connectivity index (χ1v) is 6.98. The summed E-state index contributed by atoms with van der Waals surface area (Å²) in [5, 5.41) is 20.0. The third kappa shape index (κ3) is 3.11. The lowest BCUT2D eigenvalue weighted by Crippen LogP contribution is -2.37. The molecule has 1 aromatic carbocycles. The Morgan fingerprint density at radius 1 is 1.53 bits per heavy atom. The number of nitro benzene ring substituents is 1. The van der Waals surface area contributed by atoms with E-state index in [1.807, 2.05) is 6.07 Å². The number of nitriles is 1. The van der Waals surface area contributed by atoms with Gasteiger partial charge < -0.3 is 0 Å². The monoisotopic (exact) mass is 323 g/mol.